The van der Waals surface area contributed by atoms with Crippen molar-refractivity contribution in [1.29, 1.82) is 0 Å². The van der Waals surface area contributed by atoms with Gasteiger partial charge in [0.15, 0.2) is 0 Å². The van der Waals surface area contributed by atoms with E-state index < -0.39 is 0 Å². The Balaban J connectivity index is 2.46. The average Bonchev–Trinajstić information content (AvgIpc) is 2.29. The van der Waals surface area contributed by atoms with Crippen LogP contribution in [0.2, 0.25) is 0 Å². The highest BCUT2D eigenvalue weighted by Crippen LogP contribution is 2.12. The van der Waals surface area contributed by atoms with E-state index in [-0.39, 0.29) is 5.91 Å². The van der Waals surface area contributed by atoms with Crippen LogP contribution < -0.4 is 5.06 Å². The predicted molar refractivity (Wildman–Crippen MR) is 63.4 cm³/mol. The standard InChI is InChI=1S/C11H14BrNO2/c12-9-5-4-8-11(14)13(15)10-6-2-1-3-7-10/h1-3,6-7,15H,4-5,8-9H2. The van der Waals surface area contributed by atoms with Crippen molar-refractivity contribution in [3.8, 4) is 0 Å². The molecular formula is C11H14BrNO2. The minimum absolute atomic E-state index is 0.262. The van der Waals surface area contributed by atoms with E-state index in [1.807, 2.05) is 6.07 Å². The van der Waals surface area contributed by atoms with Crippen LogP contribution in [0.1, 0.15) is 19.3 Å². The summed E-state index contributed by atoms with van der Waals surface area (Å²) in [6.45, 7) is 0. The Morgan fingerprint density at radius 1 is 1.27 bits per heavy atom. The van der Waals surface area contributed by atoms with E-state index in [9.17, 15) is 10.0 Å². The van der Waals surface area contributed by atoms with Gasteiger partial charge in [0.25, 0.3) is 5.91 Å². The van der Waals surface area contributed by atoms with E-state index in [1.54, 1.807) is 24.3 Å². The minimum Gasteiger partial charge on any atom is -0.281 e. The number of carbonyl (C=O) groups excluding carboxylic acids is 1. The number of hydroxylamine groups is 1. The number of para-hydroxylation sites is 1. The zero-order valence-electron chi connectivity index (χ0n) is 8.40. The molecule has 0 aliphatic rings. The summed E-state index contributed by atoms with van der Waals surface area (Å²) < 4.78 is 0. The Labute approximate surface area is 97.8 Å². The molecule has 1 N–H and O–H groups in total. The maximum Gasteiger partial charge on any atom is 0.250 e. The zero-order chi connectivity index (χ0) is 11.1. The molecule has 1 amide bonds. The molecule has 0 spiro atoms. The lowest BCUT2D eigenvalue weighted by molar-refractivity contribution is -0.123. The third-order valence-corrected chi connectivity index (χ3v) is 2.57. The summed E-state index contributed by atoms with van der Waals surface area (Å²) in [6, 6.07) is 8.80. The number of amides is 1. The van der Waals surface area contributed by atoms with E-state index in [1.165, 1.54) is 0 Å². The Hall–Kier alpha value is -0.870. The molecule has 0 aliphatic carbocycles. The van der Waals surface area contributed by atoms with Crippen molar-refractivity contribution in [1.82, 2.24) is 0 Å². The molecule has 0 aromatic heterocycles. The fourth-order valence-corrected chi connectivity index (χ4v) is 1.59. The maximum atomic E-state index is 11.5. The van der Waals surface area contributed by atoms with Gasteiger partial charge in [-0.3, -0.25) is 10.0 Å². The summed E-state index contributed by atoms with van der Waals surface area (Å²) in [4.78, 5) is 11.5. The Kier molecular flexibility index (Phi) is 5.36. The van der Waals surface area contributed by atoms with Gasteiger partial charge in [0.1, 0.15) is 0 Å². The van der Waals surface area contributed by atoms with Crippen molar-refractivity contribution in [3.05, 3.63) is 30.3 Å². The van der Waals surface area contributed by atoms with Gasteiger partial charge in [0, 0.05) is 11.8 Å². The zero-order valence-corrected chi connectivity index (χ0v) is 9.98. The van der Waals surface area contributed by atoms with Crippen molar-refractivity contribution in [2.45, 2.75) is 19.3 Å². The molecule has 15 heavy (non-hydrogen) atoms. The molecule has 0 aliphatic heterocycles. The molecule has 0 bridgehead atoms. The van der Waals surface area contributed by atoms with Gasteiger partial charge in [0.2, 0.25) is 0 Å². The third-order valence-electron chi connectivity index (χ3n) is 2.01. The number of carbonyl (C=O) groups is 1. The van der Waals surface area contributed by atoms with Crippen LogP contribution in [0.5, 0.6) is 0 Å². The second kappa shape index (κ2) is 6.58. The normalized spacial score (nSPS) is 10.0. The van der Waals surface area contributed by atoms with E-state index in [0.29, 0.717) is 17.2 Å². The number of rotatable bonds is 5. The van der Waals surface area contributed by atoms with Gasteiger partial charge in [-0.25, -0.2) is 0 Å². The number of benzene rings is 1. The van der Waals surface area contributed by atoms with Crippen LogP contribution in [-0.2, 0) is 4.79 Å². The van der Waals surface area contributed by atoms with Crippen molar-refractivity contribution in [3.63, 3.8) is 0 Å². The largest absolute Gasteiger partial charge is 0.281 e. The second-order valence-corrected chi connectivity index (χ2v) is 3.98. The fraction of sp³-hybridized carbons (Fsp3) is 0.364. The molecule has 0 unspecified atom stereocenters. The molecule has 0 saturated heterocycles. The van der Waals surface area contributed by atoms with Crippen LogP contribution in [0.15, 0.2) is 30.3 Å². The molecule has 1 aromatic rings. The topological polar surface area (TPSA) is 40.5 Å². The molecule has 4 heteroatoms. The number of hydrogen-bond donors (Lipinski definition) is 1. The molecule has 82 valence electrons. The molecule has 0 atom stereocenters. The summed E-state index contributed by atoms with van der Waals surface area (Å²) >= 11 is 3.29. The number of unbranched alkanes of at least 4 members (excludes halogenated alkanes) is 1. The first-order valence-electron chi connectivity index (χ1n) is 4.88. The predicted octanol–water partition coefficient (Wildman–Crippen LogP) is 2.97. The second-order valence-electron chi connectivity index (χ2n) is 3.19. The summed E-state index contributed by atoms with van der Waals surface area (Å²) in [5, 5.41) is 11.2. The molecule has 0 heterocycles. The van der Waals surface area contributed by atoms with Crippen molar-refractivity contribution < 1.29 is 10.0 Å². The van der Waals surface area contributed by atoms with Gasteiger partial charge < -0.3 is 0 Å². The van der Waals surface area contributed by atoms with Crippen molar-refractivity contribution in [2.75, 3.05) is 10.4 Å². The van der Waals surface area contributed by atoms with Crippen LogP contribution in [0, 0.1) is 0 Å². The number of halogens is 1. The first kappa shape index (κ1) is 12.2. The lowest BCUT2D eigenvalue weighted by Crippen LogP contribution is -2.26. The Morgan fingerprint density at radius 2 is 1.93 bits per heavy atom. The summed E-state index contributed by atoms with van der Waals surface area (Å²) in [5.41, 5.74) is 0.515. The smallest absolute Gasteiger partial charge is 0.250 e. The first-order chi connectivity index (χ1) is 7.25. The highest BCUT2D eigenvalue weighted by molar-refractivity contribution is 9.09. The molecule has 1 rings (SSSR count). The van der Waals surface area contributed by atoms with Gasteiger partial charge in [-0.15, -0.1) is 0 Å². The van der Waals surface area contributed by atoms with E-state index in [0.717, 1.165) is 18.2 Å². The van der Waals surface area contributed by atoms with Crippen molar-refractivity contribution >= 4 is 27.5 Å². The van der Waals surface area contributed by atoms with Gasteiger partial charge >= 0.3 is 0 Å². The van der Waals surface area contributed by atoms with Crippen molar-refractivity contribution in [2.24, 2.45) is 0 Å². The number of alkyl halides is 1. The van der Waals surface area contributed by atoms with Gasteiger partial charge in [-0.2, -0.15) is 5.06 Å². The molecule has 0 saturated carbocycles. The minimum atomic E-state index is -0.262. The molecule has 0 fully saturated rings. The highest BCUT2D eigenvalue weighted by Gasteiger charge is 2.11. The number of hydrogen-bond acceptors (Lipinski definition) is 2. The fourth-order valence-electron chi connectivity index (χ4n) is 1.19. The molecular weight excluding hydrogens is 258 g/mol. The summed E-state index contributed by atoms with van der Waals surface area (Å²) in [5.74, 6) is -0.262. The summed E-state index contributed by atoms with van der Waals surface area (Å²) in [6.07, 6.45) is 2.10. The molecule has 0 radical (unpaired) electrons. The van der Waals surface area contributed by atoms with E-state index >= 15 is 0 Å². The maximum absolute atomic E-state index is 11.5. The quantitative estimate of drug-likeness (QED) is 0.387. The van der Waals surface area contributed by atoms with Crippen LogP contribution in [0.4, 0.5) is 5.69 Å². The van der Waals surface area contributed by atoms with Gasteiger partial charge in [-0.1, -0.05) is 34.1 Å². The van der Waals surface area contributed by atoms with Crippen LogP contribution >= 0.6 is 15.9 Å². The Bertz CT molecular complexity index is 303. The van der Waals surface area contributed by atoms with E-state index in [2.05, 4.69) is 15.9 Å². The first-order valence-corrected chi connectivity index (χ1v) is 6.00. The Morgan fingerprint density at radius 3 is 2.53 bits per heavy atom. The van der Waals surface area contributed by atoms with Gasteiger partial charge in [-0.05, 0) is 25.0 Å². The molecule has 3 nitrogen and oxygen atoms in total. The van der Waals surface area contributed by atoms with E-state index in [4.69, 9.17) is 0 Å². The highest BCUT2D eigenvalue weighted by atomic mass is 79.9. The van der Waals surface area contributed by atoms with Gasteiger partial charge in [0.05, 0.1) is 5.69 Å². The average molecular weight is 272 g/mol. The van der Waals surface area contributed by atoms with Crippen LogP contribution in [0.3, 0.4) is 0 Å². The monoisotopic (exact) mass is 271 g/mol. The van der Waals surface area contributed by atoms with Crippen LogP contribution in [-0.4, -0.2) is 16.4 Å². The number of nitrogens with zero attached hydrogens (tertiary/aromatic N) is 1. The number of anilines is 1. The van der Waals surface area contributed by atoms with Crippen LogP contribution in [0.25, 0.3) is 0 Å². The SMILES string of the molecule is O=C(CCCCBr)N(O)c1ccccc1. The summed E-state index contributed by atoms with van der Waals surface area (Å²) in [7, 11) is 0. The lowest BCUT2D eigenvalue weighted by Gasteiger charge is -2.14. The third kappa shape index (κ3) is 4.01. The molecule has 1 aromatic carbocycles. The lowest BCUT2D eigenvalue weighted by atomic mass is 10.2.